The zero-order valence-corrected chi connectivity index (χ0v) is 15.4. The number of aryl methyl sites for hydroxylation is 1. The van der Waals surface area contributed by atoms with Crippen molar-refractivity contribution in [2.45, 2.75) is 64.2 Å². The summed E-state index contributed by atoms with van der Waals surface area (Å²) < 4.78 is 5.82. The zero-order valence-electron chi connectivity index (χ0n) is 14.6. The van der Waals surface area contributed by atoms with Gasteiger partial charge in [0, 0.05) is 17.5 Å². The topological polar surface area (TPSA) is 38.3 Å². The molecule has 1 atom stereocenters. The molecule has 0 spiro atoms. The number of thioether (sulfide) groups is 1. The van der Waals surface area contributed by atoms with Crippen molar-refractivity contribution in [2.24, 2.45) is 0 Å². The number of amides is 1. The highest BCUT2D eigenvalue weighted by Crippen LogP contribution is 2.27. The van der Waals surface area contributed by atoms with Gasteiger partial charge in [-0.25, -0.2) is 0 Å². The van der Waals surface area contributed by atoms with Crippen LogP contribution in [0.4, 0.5) is 0 Å². The summed E-state index contributed by atoms with van der Waals surface area (Å²) in [6.45, 7) is 6.61. The molecule has 1 aliphatic rings. The molecule has 3 nitrogen and oxygen atoms in total. The minimum atomic E-state index is -0.463. The molecule has 0 heterocycles. The van der Waals surface area contributed by atoms with Gasteiger partial charge in [0.15, 0.2) is 6.10 Å². The number of ether oxygens (including phenoxy) is 1. The highest BCUT2D eigenvalue weighted by atomic mass is 32.2. The lowest BCUT2D eigenvalue weighted by Crippen LogP contribution is -2.37. The summed E-state index contributed by atoms with van der Waals surface area (Å²) in [5, 5.41) is 3.79. The van der Waals surface area contributed by atoms with Crippen LogP contribution in [0.5, 0.6) is 5.75 Å². The van der Waals surface area contributed by atoms with E-state index in [9.17, 15) is 4.79 Å². The molecule has 0 radical (unpaired) electrons. The van der Waals surface area contributed by atoms with Crippen molar-refractivity contribution in [3.05, 3.63) is 29.3 Å². The van der Waals surface area contributed by atoms with Crippen molar-refractivity contribution in [2.75, 3.05) is 12.3 Å². The smallest absolute Gasteiger partial charge is 0.260 e. The number of carbonyl (C=O) groups is 1. The predicted octanol–water partition coefficient (Wildman–Crippen LogP) is 4.25. The van der Waals surface area contributed by atoms with E-state index in [2.05, 4.69) is 18.3 Å². The van der Waals surface area contributed by atoms with Crippen LogP contribution in [0.2, 0.25) is 0 Å². The zero-order chi connectivity index (χ0) is 16.7. The Labute approximate surface area is 144 Å². The third kappa shape index (κ3) is 5.76. The Balaban J connectivity index is 1.69. The number of rotatable bonds is 7. The van der Waals surface area contributed by atoms with Gasteiger partial charge in [-0.15, -0.1) is 0 Å². The van der Waals surface area contributed by atoms with Gasteiger partial charge in [0.2, 0.25) is 0 Å². The number of carbonyl (C=O) groups excluding carboxylic acids is 1. The first-order chi connectivity index (χ1) is 11.1. The van der Waals surface area contributed by atoms with Crippen LogP contribution in [0.3, 0.4) is 0 Å². The van der Waals surface area contributed by atoms with Crippen molar-refractivity contribution < 1.29 is 9.53 Å². The van der Waals surface area contributed by atoms with Gasteiger partial charge in [-0.2, -0.15) is 11.8 Å². The molecular weight excluding hydrogens is 306 g/mol. The van der Waals surface area contributed by atoms with E-state index in [1.807, 2.05) is 37.7 Å². The second-order valence-electron chi connectivity index (χ2n) is 6.38. The molecule has 1 amide bonds. The average Bonchev–Trinajstić information content (AvgIpc) is 2.56. The minimum Gasteiger partial charge on any atom is -0.481 e. The molecule has 0 aromatic heterocycles. The summed E-state index contributed by atoms with van der Waals surface area (Å²) in [5.41, 5.74) is 2.28. The fourth-order valence-electron chi connectivity index (χ4n) is 2.87. The monoisotopic (exact) mass is 335 g/mol. The number of hydrogen-bond donors (Lipinski definition) is 1. The van der Waals surface area contributed by atoms with E-state index >= 15 is 0 Å². The standard InChI is InChI=1S/C19H29NO2S/c1-14-8-7-11-18(15(14)2)22-16(3)19(21)20-12-13-23-17-9-5-4-6-10-17/h7-8,11,16-17H,4-6,9-10,12-13H2,1-3H3,(H,20,21)/t16-/m1/s1. The highest BCUT2D eigenvalue weighted by molar-refractivity contribution is 7.99. The van der Waals surface area contributed by atoms with Gasteiger partial charge in [0.1, 0.15) is 5.75 Å². The van der Waals surface area contributed by atoms with Crippen molar-refractivity contribution >= 4 is 17.7 Å². The van der Waals surface area contributed by atoms with Crippen molar-refractivity contribution in [3.8, 4) is 5.75 Å². The molecule has 1 N–H and O–H groups in total. The molecule has 1 saturated carbocycles. The van der Waals surface area contributed by atoms with Gasteiger partial charge in [-0.1, -0.05) is 31.4 Å². The van der Waals surface area contributed by atoms with E-state index in [0.29, 0.717) is 0 Å². The average molecular weight is 336 g/mol. The summed E-state index contributed by atoms with van der Waals surface area (Å²) in [6.07, 6.45) is 6.33. The van der Waals surface area contributed by atoms with Crippen LogP contribution < -0.4 is 10.1 Å². The Morgan fingerprint density at radius 3 is 2.78 bits per heavy atom. The lowest BCUT2D eigenvalue weighted by molar-refractivity contribution is -0.127. The molecule has 4 heteroatoms. The Bertz CT molecular complexity index is 512. The molecule has 1 aliphatic carbocycles. The molecule has 0 bridgehead atoms. The van der Waals surface area contributed by atoms with E-state index in [1.54, 1.807) is 0 Å². The second-order valence-corrected chi connectivity index (χ2v) is 7.79. The molecule has 0 unspecified atom stereocenters. The van der Waals surface area contributed by atoms with Gasteiger partial charge in [0.05, 0.1) is 0 Å². The van der Waals surface area contributed by atoms with E-state index in [1.165, 1.54) is 37.7 Å². The quantitative estimate of drug-likeness (QED) is 0.757. The maximum Gasteiger partial charge on any atom is 0.260 e. The molecule has 0 saturated heterocycles. The summed E-state index contributed by atoms with van der Waals surface area (Å²) >= 11 is 2.00. The lowest BCUT2D eigenvalue weighted by atomic mass is 10.0. The second kappa shape index (κ2) is 9.21. The first-order valence-electron chi connectivity index (χ1n) is 8.70. The fraction of sp³-hybridized carbons (Fsp3) is 0.632. The summed E-state index contributed by atoms with van der Waals surface area (Å²) in [6, 6.07) is 5.93. The third-order valence-electron chi connectivity index (χ3n) is 4.53. The van der Waals surface area contributed by atoms with Crippen LogP contribution in [0, 0.1) is 13.8 Å². The molecule has 0 aliphatic heterocycles. The summed E-state index contributed by atoms with van der Waals surface area (Å²) in [4.78, 5) is 12.1. The number of hydrogen-bond acceptors (Lipinski definition) is 3. The first kappa shape index (κ1) is 18.2. The van der Waals surface area contributed by atoms with Crippen LogP contribution in [0.15, 0.2) is 18.2 Å². The molecule has 23 heavy (non-hydrogen) atoms. The Morgan fingerprint density at radius 1 is 1.30 bits per heavy atom. The van der Waals surface area contributed by atoms with E-state index in [0.717, 1.165) is 28.9 Å². The first-order valence-corrected chi connectivity index (χ1v) is 9.75. The normalized spacial score (nSPS) is 16.8. The minimum absolute atomic E-state index is 0.0323. The molecule has 1 aromatic carbocycles. The van der Waals surface area contributed by atoms with E-state index in [-0.39, 0.29) is 5.91 Å². The SMILES string of the molecule is Cc1cccc(O[C@H](C)C(=O)NCCSC2CCCCC2)c1C. The largest absolute Gasteiger partial charge is 0.481 e. The molecule has 128 valence electrons. The van der Waals surface area contributed by atoms with Gasteiger partial charge in [-0.05, 0) is 50.8 Å². The maximum absolute atomic E-state index is 12.1. The Kier molecular flexibility index (Phi) is 7.28. The van der Waals surface area contributed by atoms with Crippen LogP contribution in [-0.2, 0) is 4.79 Å². The van der Waals surface area contributed by atoms with Gasteiger partial charge in [-0.3, -0.25) is 4.79 Å². The molecule has 1 aromatic rings. The van der Waals surface area contributed by atoms with Gasteiger partial charge >= 0.3 is 0 Å². The summed E-state index contributed by atoms with van der Waals surface area (Å²) in [5.74, 6) is 1.76. The van der Waals surface area contributed by atoms with E-state index < -0.39 is 6.10 Å². The van der Waals surface area contributed by atoms with Crippen molar-refractivity contribution in [3.63, 3.8) is 0 Å². The van der Waals surface area contributed by atoms with Gasteiger partial charge < -0.3 is 10.1 Å². The van der Waals surface area contributed by atoms with Crippen LogP contribution >= 0.6 is 11.8 Å². The van der Waals surface area contributed by atoms with Crippen LogP contribution in [-0.4, -0.2) is 29.6 Å². The third-order valence-corrected chi connectivity index (χ3v) is 5.92. The maximum atomic E-state index is 12.1. The number of benzene rings is 1. The van der Waals surface area contributed by atoms with Crippen molar-refractivity contribution in [1.82, 2.24) is 5.32 Å². The Hall–Kier alpha value is -1.16. The number of nitrogens with one attached hydrogen (secondary N) is 1. The van der Waals surface area contributed by atoms with Gasteiger partial charge in [0.25, 0.3) is 5.91 Å². The predicted molar refractivity (Wildman–Crippen MR) is 98.3 cm³/mol. The van der Waals surface area contributed by atoms with Crippen LogP contribution in [0.25, 0.3) is 0 Å². The fourth-order valence-corrected chi connectivity index (χ4v) is 4.09. The summed E-state index contributed by atoms with van der Waals surface area (Å²) in [7, 11) is 0. The highest BCUT2D eigenvalue weighted by Gasteiger charge is 2.17. The van der Waals surface area contributed by atoms with Crippen LogP contribution in [0.1, 0.15) is 50.2 Å². The van der Waals surface area contributed by atoms with E-state index in [4.69, 9.17) is 4.74 Å². The molecule has 1 fully saturated rings. The molecular formula is C19H29NO2S. The Morgan fingerprint density at radius 2 is 2.04 bits per heavy atom. The van der Waals surface area contributed by atoms with Crippen molar-refractivity contribution in [1.29, 1.82) is 0 Å². The molecule has 2 rings (SSSR count). The lowest BCUT2D eigenvalue weighted by Gasteiger charge is -2.21.